The topological polar surface area (TPSA) is 43.9 Å². The van der Waals surface area contributed by atoms with Crippen LogP contribution in [-0.2, 0) is 4.79 Å². The molecule has 0 N–H and O–H groups in total. The Bertz CT molecular complexity index is 694. The van der Waals surface area contributed by atoms with Gasteiger partial charge in [-0.05, 0) is 55.9 Å². The van der Waals surface area contributed by atoms with Gasteiger partial charge in [-0.2, -0.15) is 0 Å². The number of hydrogen-bond donors (Lipinski definition) is 0. The van der Waals surface area contributed by atoms with E-state index in [-0.39, 0.29) is 5.78 Å². The average molecular weight is 384 g/mol. The number of piperazine rings is 1. The number of piperidine rings is 1. The molecule has 2 heterocycles. The number of carbonyl (C=O) groups excluding carboxylic acids is 2. The van der Waals surface area contributed by atoms with Gasteiger partial charge in [-0.3, -0.25) is 14.5 Å². The summed E-state index contributed by atoms with van der Waals surface area (Å²) in [6, 6.07) is 7.88. The third-order valence-corrected chi connectivity index (χ3v) is 7.01. The Hall–Kier alpha value is -1.88. The van der Waals surface area contributed by atoms with Gasteiger partial charge in [0.25, 0.3) is 0 Å². The van der Waals surface area contributed by atoms with E-state index in [0.29, 0.717) is 12.5 Å². The number of Topliss-reactive ketones (excluding diaryl/α,β-unsaturated/α-hetero) is 1. The maximum Gasteiger partial charge on any atom is 0.236 e. The van der Waals surface area contributed by atoms with Crippen LogP contribution in [0.2, 0.25) is 0 Å². The lowest BCUT2D eigenvalue weighted by atomic mass is 9.75. The number of nitrogens with zero attached hydrogens (tertiary/aromatic N) is 3. The molecule has 152 valence electrons. The summed E-state index contributed by atoms with van der Waals surface area (Å²) in [4.78, 5) is 31.0. The molecule has 1 amide bonds. The van der Waals surface area contributed by atoms with E-state index in [4.69, 9.17) is 0 Å². The SMILES string of the molecule is CC(=O)c1ccc(N2CCN(CC(=O)N3CC[C@H]4CCCC[C@H]4C3)CC2)cc1. The zero-order valence-corrected chi connectivity index (χ0v) is 17.1. The lowest BCUT2D eigenvalue weighted by Gasteiger charge is -2.42. The van der Waals surface area contributed by atoms with E-state index in [1.807, 2.05) is 24.3 Å². The molecular weight excluding hydrogens is 350 g/mol. The van der Waals surface area contributed by atoms with Crippen molar-refractivity contribution in [1.82, 2.24) is 9.80 Å². The van der Waals surface area contributed by atoms with Crippen molar-refractivity contribution in [2.45, 2.75) is 39.0 Å². The summed E-state index contributed by atoms with van der Waals surface area (Å²) in [5.41, 5.74) is 1.92. The van der Waals surface area contributed by atoms with Crippen LogP contribution < -0.4 is 4.90 Å². The van der Waals surface area contributed by atoms with Crippen LogP contribution in [0.3, 0.4) is 0 Å². The molecular formula is C23H33N3O2. The number of likely N-dealkylation sites (tertiary alicyclic amines) is 1. The van der Waals surface area contributed by atoms with Crippen molar-refractivity contribution in [3.63, 3.8) is 0 Å². The fraction of sp³-hybridized carbons (Fsp3) is 0.652. The van der Waals surface area contributed by atoms with Crippen LogP contribution in [-0.4, -0.2) is 67.3 Å². The second-order valence-electron chi connectivity index (χ2n) is 8.80. The van der Waals surface area contributed by atoms with Crippen LogP contribution in [0.15, 0.2) is 24.3 Å². The summed E-state index contributed by atoms with van der Waals surface area (Å²) in [6.45, 7) is 7.81. The second-order valence-corrected chi connectivity index (χ2v) is 8.80. The van der Waals surface area contributed by atoms with Crippen molar-refractivity contribution in [2.75, 3.05) is 50.7 Å². The molecule has 4 rings (SSSR count). The highest BCUT2D eigenvalue weighted by atomic mass is 16.2. The van der Waals surface area contributed by atoms with Crippen molar-refractivity contribution >= 4 is 17.4 Å². The maximum absolute atomic E-state index is 12.8. The first-order chi connectivity index (χ1) is 13.6. The van der Waals surface area contributed by atoms with E-state index < -0.39 is 0 Å². The van der Waals surface area contributed by atoms with Gasteiger partial charge in [0.1, 0.15) is 0 Å². The minimum Gasteiger partial charge on any atom is -0.369 e. The van der Waals surface area contributed by atoms with Gasteiger partial charge in [-0.25, -0.2) is 0 Å². The molecule has 3 aliphatic rings. The van der Waals surface area contributed by atoms with Crippen molar-refractivity contribution in [3.8, 4) is 0 Å². The summed E-state index contributed by atoms with van der Waals surface area (Å²) in [7, 11) is 0. The van der Waals surface area contributed by atoms with Crippen LogP contribution in [0.4, 0.5) is 5.69 Å². The molecule has 0 spiro atoms. The van der Waals surface area contributed by atoms with Crippen LogP contribution in [0.5, 0.6) is 0 Å². The quantitative estimate of drug-likeness (QED) is 0.750. The molecule has 1 saturated carbocycles. The molecule has 1 aliphatic carbocycles. The Morgan fingerprint density at radius 2 is 1.57 bits per heavy atom. The van der Waals surface area contributed by atoms with E-state index in [0.717, 1.165) is 62.4 Å². The van der Waals surface area contributed by atoms with Gasteiger partial charge in [-0.1, -0.05) is 19.3 Å². The Kier molecular flexibility index (Phi) is 6.00. The zero-order valence-electron chi connectivity index (χ0n) is 17.1. The van der Waals surface area contributed by atoms with Crippen LogP contribution in [0.25, 0.3) is 0 Å². The van der Waals surface area contributed by atoms with Crippen molar-refractivity contribution in [1.29, 1.82) is 0 Å². The molecule has 5 heteroatoms. The first-order valence-corrected chi connectivity index (χ1v) is 11.0. The molecule has 2 atom stereocenters. The molecule has 0 unspecified atom stereocenters. The van der Waals surface area contributed by atoms with E-state index in [2.05, 4.69) is 14.7 Å². The third kappa shape index (κ3) is 4.40. The first kappa shape index (κ1) is 19.4. The maximum atomic E-state index is 12.8. The van der Waals surface area contributed by atoms with E-state index in [9.17, 15) is 9.59 Å². The van der Waals surface area contributed by atoms with Gasteiger partial charge in [0.15, 0.2) is 5.78 Å². The predicted molar refractivity (Wildman–Crippen MR) is 112 cm³/mol. The first-order valence-electron chi connectivity index (χ1n) is 11.0. The largest absolute Gasteiger partial charge is 0.369 e. The number of benzene rings is 1. The summed E-state index contributed by atoms with van der Waals surface area (Å²) in [6.07, 6.45) is 6.63. The van der Waals surface area contributed by atoms with Crippen molar-refractivity contribution < 1.29 is 9.59 Å². The molecule has 0 bridgehead atoms. The highest BCUT2D eigenvalue weighted by Gasteiger charge is 2.33. The number of hydrogen-bond acceptors (Lipinski definition) is 4. The zero-order chi connectivity index (χ0) is 19.5. The smallest absolute Gasteiger partial charge is 0.236 e. The van der Waals surface area contributed by atoms with Gasteiger partial charge >= 0.3 is 0 Å². The number of anilines is 1. The number of amides is 1. The normalized spacial score (nSPS) is 26.0. The molecule has 2 saturated heterocycles. The van der Waals surface area contributed by atoms with Crippen LogP contribution in [0.1, 0.15) is 49.4 Å². The summed E-state index contributed by atoms with van der Waals surface area (Å²) < 4.78 is 0. The molecule has 1 aromatic carbocycles. The fourth-order valence-corrected chi connectivity index (χ4v) is 5.19. The lowest BCUT2D eigenvalue weighted by molar-refractivity contribution is -0.135. The Morgan fingerprint density at radius 1 is 0.893 bits per heavy atom. The number of ketones is 1. The number of rotatable bonds is 4. The highest BCUT2D eigenvalue weighted by Crippen LogP contribution is 2.36. The van der Waals surface area contributed by atoms with E-state index in [1.165, 1.54) is 32.1 Å². The minimum atomic E-state index is 0.104. The average Bonchev–Trinajstić information content (AvgIpc) is 2.74. The fourth-order valence-electron chi connectivity index (χ4n) is 5.19. The van der Waals surface area contributed by atoms with Gasteiger partial charge < -0.3 is 9.80 Å². The van der Waals surface area contributed by atoms with Gasteiger partial charge in [0.2, 0.25) is 5.91 Å². The number of fused-ring (bicyclic) bond motifs is 1. The standard InChI is InChI=1S/C23H33N3O2/c1-18(27)19-6-8-22(9-7-19)25-14-12-24(13-15-25)17-23(28)26-11-10-20-4-2-3-5-21(20)16-26/h6-9,20-21H,2-5,10-17H2,1H3/t20-,21+/m1/s1. The van der Waals surface area contributed by atoms with Crippen LogP contribution >= 0.6 is 0 Å². The molecule has 5 nitrogen and oxygen atoms in total. The van der Waals surface area contributed by atoms with Crippen LogP contribution in [0, 0.1) is 11.8 Å². The Labute approximate surface area is 168 Å². The van der Waals surface area contributed by atoms with Gasteiger partial charge in [0.05, 0.1) is 6.54 Å². The highest BCUT2D eigenvalue weighted by molar-refractivity contribution is 5.94. The molecule has 0 aromatic heterocycles. The monoisotopic (exact) mass is 383 g/mol. The Morgan fingerprint density at radius 3 is 2.25 bits per heavy atom. The van der Waals surface area contributed by atoms with Crippen molar-refractivity contribution in [3.05, 3.63) is 29.8 Å². The number of carbonyl (C=O) groups is 2. The van der Waals surface area contributed by atoms with E-state index in [1.54, 1.807) is 6.92 Å². The van der Waals surface area contributed by atoms with Crippen molar-refractivity contribution in [2.24, 2.45) is 11.8 Å². The van der Waals surface area contributed by atoms with Gasteiger partial charge in [-0.15, -0.1) is 0 Å². The summed E-state index contributed by atoms with van der Waals surface area (Å²) in [5.74, 6) is 2.05. The van der Waals surface area contributed by atoms with Gasteiger partial charge in [0, 0.05) is 50.5 Å². The molecule has 3 fully saturated rings. The third-order valence-electron chi connectivity index (χ3n) is 7.01. The summed E-state index contributed by atoms with van der Waals surface area (Å²) in [5, 5.41) is 0. The Balaban J connectivity index is 1.25. The second kappa shape index (κ2) is 8.64. The summed E-state index contributed by atoms with van der Waals surface area (Å²) >= 11 is 0. The molecule has 2 aliphatic heterocycles. The predicted octanol–water partition coefficient (Wildman–Crippen LogP) is 3.05. The van der Waals surface area contributed by atoms with E-state index >= 15 is 0 Å². The molecule has 28 heavy (non-hydrogen) atoms. The lowest BCUT2D eigenvalue weighted by Crippen LogP contribution is -2.52. The molecule has 0 radical (unpaired) electrons. The minimum absolute atomic E-state index is 0.104. The molecule has 1 aromatic rings.